The summed E-state index contributed by atoms with van der Waals surface area (Å²) in [6, 6.07) is 18.2. The minimum absolute atomic E-state index is 0.130. The molecule has 3 rings (SSSR count). The van der Waals surface area contributed by atoms with Crippen molar-refractivity contribution < 1.29 is 9.18 Å². The van der Waals surface area contributed by atoms with Crippen LogP contribution in [0.3, 0.4) is 0 Å². The van der Waals surface area contributed by atoms with Crippen molar-refractivity contribution in [2.45, 2.75) is 0 Å². The van der Waals surface area contributed by atoms with E-state index in [9.17, 15) is 9.18 Å². The first kappa shape index (κ1) is 16.0. The lowest BCUT2D eigenvalue weighted by molar-refractivity contribution is 0.102. The quantitative estimate of drug-likeness (QED) is 0.711. The molecule has 0 bridgehead atoms. The van der Waals surface area contributed by atoms with Crippen molar-refractivity contribution in [1.82, 2.24) is 4.98 Å². The van der Waals surface area contributed by atoms with Gasteiger partial charge in [-0.3, -0.25) is 4.79 Å². The summed E-state index contributed by atoms with van der Waals surface area (Å²) in [4.78, 5) is 16.5. The molecule has 0 aliphatic carbocycles. The van der Waals surface area contributed by atoms with Gasteiger partial charge < -0.3 is 10.6 Å². The number of amides is 1. The standard InChI is InChI=1S/C18H13ClFN3O/c19-12-10-16(18(24)21-13-6-2-1-3-7-13)23-17(11-12)22-15-9-5-4-8-14(15)20/h1-11H,(H,21,24)(H,22,23). The Morgan fingerprint density at radius 1 is 1.00 bits per heavy atom. The zero-order valence-corrected chi connectivity index (χ0v) is 13.2. The van der Waals surface area contributed by atoms with Crippen molar-refractivity contribution in [3.63, 3.8) is 0 Å². The number of hydrogen-bond donors (Lipinski definition) is 2. The molecular weight excluding hydrogens is 329 g/mol. The zero-order chi connectivity index (χ0) is 16.9. The molecule has 0 fully saturated rings. The van der Waals surface area contributed by atoms with Crippen molar-refractivity contribution in [3.8, 4) is 0 Å². The van der Waals surface area contributed by atoms with E-state index in [1.54, 1.807) is 30.3 Å². The molecule has 0 aliphatic heterocycles. The van der Waals surface area contributed by atoms with E-state index >= 15 is 0 Å². The molecule has 0 atom stereocenters. The van der Waals surface area contributed by atoms with Crippen molar-refractivity contribution in [2.24, 2.45) is 0 Å². The highest BCUT2D eigenvalue weighted by Crippen LogP contribution is 2.22. The summed E-state index contributed by atoms with van der Waals surface area (Å²) in [7, 11) is 0. The Balaban J connectivity index is 1.83. The summed E-state index contributed by atoms with van der Waals surface area (Å²) < 4.78 is 13.7. The number of carbonyl (C=O) groups is 1. The summed E-state index contributed by atoms with van der Waals surface area (Å²) in [6.45, 7) is 0. The van der Waals surface area contributed by atoms with E-state index in [2.05, 4.69) is 15.6 Å². The maximum atomic E-state index is 13.7. The van der Waals surface area contributed by atoms with Crippen LogP contribution in [0.5, 0.6) is 0 Å². The molecule has 120 valence electrons. The maximum Gasteiger partial charge on any atom is 0.274 e. The Bertz CT molecular complexity index is 871. The number of pyridine rings is 1. The highest BCUT2D eigenvalue weighted by molar-refractivity contribution is 6.31. The maximum absolute atomic E-state index is 13.7. The molecule has 0 radical (unpaired) electrons. The van der Waals surface area contributed by atoms with Gasteiger partial charge in [-0.25, -0.2) is 9.37 Å². The molecule has 1 heterocycles. The molecular formula is C18H13ClFN3O. The van der Waals surface area contributed by atoms with Crippen molar-refractivity contribution >= 4 is 34.7 Å². The fourth-order valence-corrected chi connectivity index (χ4v) is 2.30. The van der Waals surface area contributed by atoms with Gasteiger partial charge in [0.05, 0.1) is 5.69 Å². The van der Waals surface area contributed by atoms with Crippen molar-refractivity contribution in [2.75, 3.05) is 10.6 Å². The lowest BCUT2D eigenvalue weighted by Gasteiger charge is -2.10. The van der Waals surface area contributed by atoms with Gasteiger partial charge in [-0.2, -0.15) is 0 Å². The van der Waals surface area contributed by atoms with Crippen LogP contribution >= 0.6 is 11.6 Å². The first-order valence-electron chi connectivity index (χ1n) is 7.17. The third kappa shape index (κ3) is 3.88. The Kier molecular flexibility index (Phi) is 4.72. The van der Waals surface area contributed by atoms with Gasteiger partial charge in [0.2, 0.25) is 0 Å². The van der Waals surface area contributed by atoms with Crippen LogP contribution in [0, 0.1) is 5.82 Å². The molecule has 0 spiro atoms. The number of para-hydroxylation sites is 2. The molecule has 0 unspecified atom stereocenters. The van der Waals surface area contributed by atoms with E-state index in [-0.39, 0.29) is 17.2 Å². The van der Waals surface area contributed by atoms with Gasteiger partial charge in [0, 0.05) is 10.7 Å². The lowest BCUT2D eigenvalue weighted by Crippen LogP contribution is -2.14. The number of carbonyl (C=O) groups excluding carboxylic acids is 1. The second kappa shape index (κ2) is 7.10. The molecule has 2 aromatic carbocycles. The smallest absolute Gasteiger partial charge is 0.274 e. The third-order valence-corrected chi connectivity index (χ3v) is 3.41. The SMILES string of the molecule is O=C(Nc1ccccc1)c1cc(Cl)cc(Nc2ccccc2F)n1. The molecule has 2 N–H and O–H groups in total. The number of aromatic nitrogens is 1. The van der Waals surface area contributed by atoms with Crippen LogP contribution < -0.4 is 10.6 Å². The number of nitrogens with one attached hydrogen (secondary N) is 2. The van der Waals surface area contributed by atoms with Gasteiger partial charge >= 0.3 is 0 Å². The molecule has 0 aliphatic rings. The van der Waals surface area contributed by atoms with Crippen LogP contribution in [0.1, 0.15) is 10.5 Å². The fraction of sp³-hybridized carbons (Fsp3) is 0. The minimum Gasteiger partial charge on any atom is -0.338 e. The highest BCUT2D eigenvalue weighted by atomic mass is 35.5. The van der Waals surface area contributed by atoms with E-state index in [0.717, 1.165) is 0 Å². The summed E-state index contributed by atoms with van der Waals surface area (Å²) >= 11 is 6.05. The first-order valence-corrected chi connectivity index (χ1v) is 7.55. The van der Waals surface area contributed by atoms with Gasteiger partial charge in [0.15, 0.2) is 0 Å². The van der Waals surface area contributed by atoms with Gasteiger partial charge in [0.1, 0.15) is 17.3 Å². The Morgan fingerprint density at radius 2 is 1.71 bits per heavy atom. The second-order valence-electron chi connectivity index (χ2n) is 4.98. The number of rotatable bonds is 4. The monoisotopic (exact) mass is 341 g/mol. The molecule has 1 aromatic heterocycles. The molecule has 3 aromatic rings. The van der Waals surface area contributed by atoms with Crippen LogP contribution in [0.2, 0.25) is 5.02 Å². The zero-order valence-electron chi connectivity index (χ0n) is 12.5. The van der Waals surface area contributed by atoms with Gasteiger partial charge in [-0.05, 0) is 36.4 Å². The predicted molar refractivity (Wildman–Crippen MR) is 93.3 cm³/mol. The second-order valence-corrected chi connectivity index (χ2v) is 5.42. The average Bonchev–Trinajstić information content (AvgIpc) is 2.57. The van der Waals surface area contributed by atoms with E-state index in [1.165, 1.54) is 18.2 Å². The van der Waals surface area contributed by atoms with E-state index in [4.69, 9.17) is 11.6 Å². The van der Waals surface area contributed by atoms with E-state index in [0.29, 0.717) is 10.7 Å². The Labute approximate surface area is 143 Å². The third-order valence-electron chi connectivity index (χ3n) is 3.19. The number of anilines is 3. The normalized spacial score (nSPS) is 10.2. The first-order chi connectivity index (χ1) is 11.6. The summed E-state index contributed by atoms with van der Waals surface area (Å²) in [5.41, 5.74) is 1.03. The Hall–Kier alpha value is -2.92. The average molecular weight is 342 g/mol. The van der Waals surface area contributed by atoms with Gasteiger partial charge in [0.25, 0.3) is 5.91 Å². The van der Waals surface area contributed by atoms with Gasteiger partial charge in [-0.1, -0.05) is 41.9 Å². The van der Waals surface area contributed by atoms with Crippen molar-refractivity contribution in [3.05, 3.63) is 83.3 Å². The van der Waals surface area contributed by atoms with Crippen LogP contribution in [0.4, 0.5) is 21.6 Å². The molecule has 0 saturated carbocycles. The largest absolute Gasteiger partial charge is 0.338 e. The fourth-order valence-electron chi connectivity index (χ4n) is 2.09. The number of benzene rings is 2. The van der Waals surface area contributed by atoms with Crippen molar-refractivity contribution in [1.29, 1.82) is 0 Å². The summed E-state index contributed by atoms with van der Waals surface area (Å²) in [6.07, 6.45) is 0. The number of hydrogen-bond acceptors (Lipinski definition) is 3. The number of halogens is 2. The van der Waals surface area contributed by atoms with Crippen LogP contribution in [-0.4, -0.2) is 10.9 Å². The van der Waals surface area contributed by atoms with E-state index < -0.39 is 11.7 Å². The molecule has 24 heavy (non-hydrogen) atoms. The lowest BCUT2D eigenvalue weighted by atomic mass is 10.2. The highest BCUT2D eigenvalue weighted by Gasteiger charge is 2.11. The predicted octanol–water partition coefficient (Wildman–Crippen LogP) is 4.87. The molecule has 6 heteroatoms. The van der Waals surface area contributed by atoms with Gasteiger partial charge in [-0.15, -0.1) is 0 Å². The number of nitrogens with zero attached hydrogens (tertiary/aromatic N) is 1. The van der Waals surface area contributed by atoms with Crippen LogP contribution in [-0.2, 0) is 0 Å². The topological polar surface area (TPSA) is 54.0 Å². The molecule has 1 amide bonds. The van der Waals surface area contributed by atoms with E-state index in [1.807, 2.05) is 18.2 Å². The van der Waals surface area contributed by atoms with Crippen LogP contribution in [0.25, 0.3) is 0 Å². The van der Waals surface area contributed by atoms with Crippen LogP contribution in [0.15, 0.2) is 66.7 Å². The summed E-state index contributed by atoms with van der Waals surface area (Å²) in [5.74, 6) is -0.541. The Morgan fingerprint density at radius 3 is 2.46 bits per heavy atom. The minimum atomic E-state index is -0.422. The summed E-state index contributed by atoms with van der Waals surface area (Å²) in [5, 5.41) is 5.87. The molecule has 0 saturated heterocycles. The molecule has 4 nitrogen and oxygen atoms in total.